The van der Waals surface area contributed by atoms with E-state index in [9.17, 15) is 14.4 Å². The van der Waals surface area contributed by atoms with Gasteiger partial charge in [0.15, 0.2) is 6.10 Å². The lowest BCUT2D eigenvalue weighted by molar-refractivity contribution is -0.167. The Labute approximate surface area is 438 Å². The highest BCUT2D eigenvalue weighted by molar-refractivity contribution is 5.71. The molecule has 6 heteroatoms. The van der Waals surface area contributed by atoms with Crippen molar-refractivity contribution in [3.05, 3.63) is 97.2 Å². The lowest BCUT2D eigenvalue weighted by Gasteiger charge is -2.18. The summed E-state index contributed by atoms with van der Waals surface area (Å²) >= 11 is 0. The van der Waals surface area contributed by atoms with Crippen LogP contribution >= 0.6 is 0 Å². The zero-order valence-electron chi connectivity index (χ0n) is 46.5. The molecule has 0 aliphatic carbocycles. The van der Waals surface area contributed by atoms with Crippen LogP contribution < -0.4 is 0 Å². The van der Waals surface area contributed by atoms with E-state index in [1.165, 1.54) is 116 Å². The molecule has 6 nitrogen and oxygen atoms in total. The number of unbranched alkanes of at least 4 members (excludes halogenated alkanes) is 29. The molecule has 0 heterocycles. The molecular formula is C65H110O6. The van der Waals surface area contributed by atoms with Crippen LogP contribution in [0.25, 0.3) is 0 Å². The van der Waals surface area contributed by atoms with E-state index in [1.807, 2.05) is 18.2 Å². The normalized spacial score (nSPS) is 12.8. The molecule has 71 heavy (non-hydrogen) atoms. The summed E-state index contributed by atoms with van der Waals surface area (Å²) in [6, 6.07) is 0. The molecule has 0 aromatic rings. The molecule has 0 saturated heterocycles. The monoisotopic (exact) mass is 987 g/mol. The van der Waals surface area contributed by atoms with Gasteiger partial charge in [-0.05, 0) is 77.0 Å². The molecule has 0 N–H and O–H groups in total. The van der Waals surface area contributed by atoms with Gasteiger partial charge < -0.3 is 14.2 Å². The van der Waals surface area contributed by atoms with E-state index in [4.69, 9.17) is 14.2 Å². The molecule has 1 atom stereocenters. The van der Waals surface area contributed by atoms with E-state index in [0.29, 0.717) is 19.3 Å². The van der Waals surface area contributed by atoms with Gasteiger partial charge >= 0.3 is 17.9 Å². The molecule has 0 spiro atoms. The molecular weight excluding hydrogens is 877 g/mol. The highest BCUT2D eigenvalue weighted by Crippen LogP contribution is 2.16. The van der Waals surface area contributed by atoms with Gasteiger partial charge in [-0.3, -0.25) is 14.4 Å². The molecule has 0 aliphatic rings. The van der Waals surface area contributed by atoms with Crippen molar-refractivity contribution in [2.45, 2.75) is 284 Å². The van der Waals surface area contributed by atoms with Crippen LogP contribution in [0.2, 0.25) is 0 Å². The van der Waals surface area contributed by atoms with Gasteiger partial charge in [0.1, 0.15) is 13.2 Å². The Balaban J connectivity index is 4.42. The van der Waals surface area contributed by atoms with Crippen LogP contribution in [0.4, 0.5) is 0 Å². The summed E-state index contributed by atoms with van der Waals surface area (Å²) in [6.45, 7) is 6.38. The number of ether oxygens (including phenoxy) is 3. The Morgan fingerprint density at radius 3 is 1.03 bits per heavy atom. The lowest BCUT2D eigenvalue weighted by Crippen LogP contribution is -2.30. The molecule has 0 bridgehead atoms. The fourth-order valence-electron chi connectivity index (χ4n) is 8.27. The first-order valence-corrected chi connectivity index (χ1v) is 29.8. The highest BCUT2D eigenvalue weighted by Gasteiger charge is 2.19. The van der Waals surface area contributed by atoms with Crippen molar-refractivity contribution in [1.82, 2.24) is 0 Å². The Kier molecular flexibility index (Phi) is 55.9. The van der Waals surface area contributed by atoms with Crippen LogP contribution in [-0.4, -0.2) is 37.2 Å². The van der Waals surface area contributed by atoms with E-state index in [1.54, 1.807) is 0 Å². The third-order valence-electron chi connectivity index (χ3n) is 12.7. The van der Waals surface area contributed by atoms with Gasteiger partial charge in [0.2, 0.25) is 0 Å². The molecule has 0 amide bonds. The zero-order chi connectivity index (χ0) is 51.4. The summed E-state index contributed by atoms with van der Waals surface area (Å²) in [5, 5.41) is 0. The second-order valence-electron chi connectivity index (χ2n) is 19.6. The van der Waals surface area contributed by atoms with Crippen LogP contribution in [0.1, 0.15) is 278 Å². The fourth-order valence-corrected chi connectivity index (χ4v) is 8.27. The third-order valence-corrected chi connectivity index (χ3v) is 12.7. The summed E-state index contributed by atoms with van der Waals surface area (Å²) < 4.78 is 16.9. The average Bonchev–Trinajstić information content (AvgIpc) is 3.37. The number of hydrogen-bond acceptors (Lipinski definition) is 6. The molecule has 0 aliphatic heterocycles. The summed E-state index contributed by atoms with van der Waals surface area (Å²) in [4.78, 5) is 38.2. The molecule has 0 aromatic heterocycles. The first-order valence-electron chi connectivity index (χ1n) is 29.8. The summed E-state index contributed by atoms with van der Waals surface area (Å²) in [7, 11) is 0. The Bertz CT molecular complexity index is 1410. The van der Waals surface area contributed by atoms with Crippen LogP contribution in [0.3, 0.4) is 0 Å². The number of carbonyl (C=O) groups is 3. The summed E-state index contributed by atoms with van der Waals surface area (Å²) in [5.41, 5.74) is 0. The van der Waals surface area contributed by atoms with E-state index in [2.05, 4.69) is 99.8 Å². The first-order chi connectivity index (χ1) is 35.0. The summed E-state index contributed by atoms with van der Waals surface area (Å²) in [6.07, 6.45) is 78.3. The van der Waals surface area contributed by atoms with Crippen molar-refractivity contribution in [3.8, 4) is 0 Å². The number of esters is 3. The number of rotatable bonds is 53. The van der Waals surface area contributed by atoms with Crippen molar-refractivity contribution in [2.75, 3.05) is 13.2 Å². The van der Waals surface area contributed by atoms with E-state index >= 15 is 0 Å². The SMILES string of the molecule is CC\C=C/C=C\C=C/C=C\CCCCCCCC(=O)OCC(COC(=O)CCCCCCCC/C=C\C/C=C\C/C=C\C/C=C\CC)OC(=O)CCCCCCCCCCCCCCCCCCCCC. The summed E-state index contributed by atoms with van der Waals surface area (Å²) in [5.74, 6) is -0.919. The van der Waals surface area contributed by atoms with Gasteiger partial charge in [0.25, 0.3) is 0 Å². The zero-order valence-corrected chi connectivity index (χ0v) is 46.5. The third kappa shape index (κ3) is 57.1. The lowest BCUT2D eigenvalue weighted by atomic mass is 10.0. The fraction of sp³-hybridized carbons (Fsp3) is 0.708. The van der Waals surface area contributed by atoms with Gasteiger partial charge in [-0.2, -0.15) is 0 Å². The van der Waals surface area contributed by atoms with Crippen LogP contribution in [0.15, 0.2) is 97.2 Å². The molecule has 0 saturated carbocycles. The maximum absolute atomic E-state index is 12.9. The Morgan fingerprint density at radius 1 is 0.310 bits per heavy atom. The van der Waals surface area contributed by atoms with Gasteiger partial charge in [-0.1, -0.05) is 279 Å². The van der Waals surface area contributed by atoms with Gasteiger partial charge in [-0.25, -0.2) is 0 Å². The van der Waals surface area contributed by atoms with E-state index < -0.39 is 6.10 Å². The van der Waals surface area contributed by atoms with Crippen molar-refractivity contribution in [3.63, 3.8) is 0 Å². The van der Waals surface area contributed by atoms with Crippen LogP contribution in [-0.2, 0) is 28.6 Å². The van der Waals surface area contributed by atoms with Crippen molar-refractivity contribution in [2.24, 2.45) is 0 Å². The maximum atomic E-state index is 12.9. The van der Waals surface area contributed by atoms with Crippen LogP contribution in [0.5, 0.6) is 0 Å². The quantitative estimate of drug-likeness (QED) is 0.0199. The smallest absolute Gasteiger partial charge is 0.306 e. The minimum absolute atomic E-state index is 0.0917. The predicted octanol–water partition coefficient (Wildman–Crippen LogP) is 20.1. The van der Waals surface area contributed by atoms with Gasteiger partial charge in [0.05, 0.1) is 0 Å². The van der Waals surface area contributed by atoms with Crippen molar-refractivity contribution in [1.29, 1.82) is 0 Å². The Hall–Kier alpha value is -3.67. The van der Waals surface area contributed by atoms with Crippen molar-refractivity contribution < 1.29 is 28.6 Å². The minimum Gasteiger partial charge on any atom is -0.462 e. The minimum atomic E-state index is -0.794. The topological polar surface area (TPSA) is 78.9 Å². The second kappa shape index (κ2) is 58.9. The highest BCUT2D eigenvalue weighted by atomic mass is 16.6. The second-order valence-corrected chi connectivity index (χ2v) is 19.6. The van der Waals surface area contributed by atoms with Gasteiger partial charge in [-0.15, -0.1) is 0 Å². The number of carbonyl (C=O) groups excluding carboxylic acids is 3. The average molecular weight is 988 g/mol. The predicted molar refractivity (Wildman–Crippen MR) is 307 cm³/mol. The molecule has 0 aromatic carbocycles. The standard InChI is InChI=1S/C65H110O6/c1-4-7-10-13-16-19-22-25-28-30-32-34-37-40-43-46-49-52-55-58-64(67)70-61-62(60-69-63(66)57-54-51-48-45-42-39-36-27-24-21-18-15-12-9-6-3)71-65(68)59-56-53-50-47-44-41-38-35-33-31-29-26-23-20-17-14-11-8-5-2/h7,9-10,12,15-16,18-19,21,24-25,27-28,32,34,36,62H,4-6,8,11,13-14,17,20,22-23,26,29-31,33,35,37-61H2,1-3H3/b10-7-,12-9-,18-15-,19-16-,24-21-,28-25-,34-32-,36-27-. The largest absolute Gasteiger partial charge is 0.462 e. The van der Waals surface area contributed by atoms with Crippen molar-refractivity contribution >= 4 is 17.9 Å². The number of hydrogen-bond donors (Lipinski definition) is 0. The van der Waals surface area contributed by atoms with E-state index in [-0.39, 0.29) is 31.1 Å². The molecule has 0 fully saturated rings. The van der Waals surface area contributed by atoms with Gasteiger partial charge in [0, 0.05) is 19.3 Å². The molecule has 1 unspecified atom stereocenters. The Morgan fingerprint density at radius 2 is 0.620 bits per heavy atom. The molecule has 0 rings (SSSR count). The molecule has 0 radical (unpaired) electrons. The first kappa shape index (κ1) is 67.3. The van der Waals surface area contributed by atoms with Crippen LogP contribution in [0, 0.1) is 0 Å². The maximum Gasteiger partial charge on any atom is 0.306 e. The number of allylic oxidation sites excluding steroid dienone is 16. The van der Waals surface area contributed by atoms with E-state index in [0.717, 1.165) is 122 Å². The molecule has 406 valence electrons.